The van der Waals surface area contributed by atoms with Crippen LogP contribution < -0.4 is 0 Å². The average Bonchev–Trinajstić information content (AvgIpc) is 3.00. The highest BCUT2D eigenvalue weighted by Gasteiger charge is 2.41. The number of aliphatic imine (C=N–C) groups is 1. The molecule has 2 unspecified atom stereocenters. The number of nitrogens with zero attached hydrogens (tertiary/aromatic N) is 2. The molecule has 1 heterocycles. The third kappa shape index (κ3) is 1.76. The minimum absolute atomic E-state index is 0. The van der Waals surface area contributed by atoms with E-state index in [4.69, 9.17) is 0 Å². The monoisotopic (exact) mass is 241 g/mol. The van der Waals surface area contributed by atoms with Gasteiger partial charge in [0.05, 0.1) is 11.4 Å². The number of fused-ring (bicyclic) bond motifs is 3. The van der Waals surface area contributed by atoms with Crippen molar-refractivity contribution in [1.82, 2.24) is 10.2 Å². The molecule has 0 bridgehead atoms. The minimum Gasteiger partial charge on any atom is -0.281 e. The van der Waals surface area contributed by atoms with Gasteiger partial charge in [0.25, 0.3) is 0 Å². The second-order valence-corrected chi connectivity index (χ2v) is 4.95. The van der Waals surface area contributed by atoms with Crippen molar-refractivity contribution in [3.05, 3.63) is 47.5 Å². The van der Waals surface area contributed by atoms with Crippen molar-refractivity contribution in [2.75, 3.05) is 0 Å². The van der Waals surface area contributed by atoms with Crippen LogP contribution in [-0.4, -0.2) is 15.9 Å². The lowest BCUT2D eigenvalue weighted by Gasteiger charge is -2.04. The second-order valence-electron chi connectivity index (χ2n) is 4.95. The first-order valence-electron chi connectivity index (χ1n) is 6.34. The summed E-state index contributed by atoms with van der Waals surface area (Å²) in [5, 5.41) is 7.59. The fraction of sp³-hybridized carbons (Fsp3) is 0.333. The Hall–Kier alpha value is -1.90. The molecule has 0 spiro atoms. The van der Waals surface area contributed by atoms with Gasteiger partial charge in [-0.1, -0.05) is 24.8 Å². The van der Waals surface area contributed by atoms with Gasteiger partial charge < -0.3 is 0 Å². The summed E-state index contributed by atoms with van der Waals surface area (Å²) in [5.41, 5.74) is 5.12. The lowest BCUT2D eigenvalue weighted by molar-refractivity contribution is 0.914. The van der Waals surface area contributed by atoms with E-state index in [9.17, 15) is 0 Å². The highest BCUT2D eigenvalue weighted by atomic mass is 15.1. The molecule has 0 amide bonds. The molecule has 0 aromatic carbocycles. The van der Waals surface area contributed by atoms with Crippen LogP contribution in [0.15, 0.2) is 35.5 Å². The van der Waals surface area contributed by atoms with Crippen LogP contribution in [0.25, 0.3) is 6.08 Å². The van der Waals surface area contributed by atoms with Crippen LogP contribution in [0.2, 0.25) is 0 Å². The fourth-order valence-electron chi connectivity index (χ4n) is 2.57. The van der Waals surface area contributed by atoms with Crippen molar-refractivity contribution >= 4 is 11.8 Å². The van der Waals surface area contributed by atoms with Crippen LogP contribution in [0.3, 0.4) is 0 Å². The Kier molecular flexibility index (Phi) is 2.54. The molecule has 1 aromatic rings. The van der Waals surface area contributed by atoms with E-state index >= 15 is 0 Å². The van der Waals surface area contributed by atoms with Crippen molar-refractivity contribution < 1.29 is 1.43 Å². The van der Waals surface area contributed by atoms with Crippen LogP contribution in [0.5, 0.6) is 0 Å². The lowest BCUT2D eigenvalue weighted by atomic mass is 10.0. The van der Waals surface area contributed by atoms with Gasteiger partial charge in [0.1, 0.15) is 5.69 Å². The maximum Gasteiger partial charge on any atom is 0.113 e. The van der Waals surface area contributed by atoms with Gasteiger partial charge >= 0.3 is 0 Å². The Bertz CT molecular complexity index is 593. The lowest BCUT2D eigenvalue weighted by Crippen LogP contribution is -1.99. The van der Waals surface area contributed by atoms with Gasteiger partial charge in [-0.2, -0.15) is 5.10 Å². The standard InChI is InChI=1S/C15H17N3.H2/c1-4-5-9(2)16-10(3)14-12-7-6-11-8-13(11)15(12)18-17-14;/h4-7,11,13H,2,8H2,1,3H3,(H,17,18);1H/b5-4-,16-10?;. The van der Waals surface area contributed by atoms with Gasteiger partial charge in [-0.25, -0.2) is 0 Å². The maximum atomic E-state index is 4.47. The summed E-state index contributed by atoms with van der Waals surface area (Å²) in [6, 6.07) is 0. The van der Waals surface area contributed by atoms with E-state index in [1.165, 1.54) is 17.7 Å². The van der Waals surface area contributed by atoms with Crippen molar-refractivity contribution in [2.24, 2.45) is 10.9 Å². The second kappa shape index (κ2) is 4.09. The number of hydrogen-bond acceptors (Lipinski definition) is 2. The zero-order valence-electron chi connectivity index (χ0n) is 10.8. The van der Waals surface area contributed by atoms with Crippen molar-refractivity contribution in [2.45, 2.75) is 26.2 Å². The number of aromatic amines is 1. The van der Waals surface area contributed by atoms with E-state index in [1.807, 2.05) is 26.0 Å². The third-order valence-corrected chi connectivity index (χ3v) is 3.57. The van der Waals surface area contributed by atoms with E-state index in [0.717, 1.165) is 23.0 Å². The van der Waals surface area contributed by atoms with Gasteiger partial charge in [0.15, 0.2) is 0 Å². The number of aromatic nitrogens is 2. The Balaban J connectivity index is 0.00000133. The fourth-order valence-corrected chi connectivity index (χ4v) is 2.57. The highest BCUT2D eigenvalue weighted by Crippen LogP contribution is 2.52. The molecule has 94 valence electrons. The summed E-state index contributed by atoms with van der Waals surface area (Å²) in [4.78, 5) is 4.47. The van der Waals surface area contributed by atoms with Gasteiger partial charge in [-0.05, 0) is 32.3 Å². The predicted octanol–water partition coefficient (Wildman–Crippen LogP) is 3.68. The molecule has 2 atom stereocenters. The summed E-state index contributed by atoms with van der Waals surface area (Å²) in [6.07, 6.45) is 9.57. The Morgan fingerprint density at radius 1 is 1.67 bits per heavy atom. The molecular formula is C15H19N3. The maximum absolute atomic E-state index is 4.47. The average molecular weight is 241 g/mol. The van der Waals surface area contributed by atoms with Crippen LogP contribution >= 0.6 is 0 Å². The molecular weight excluding hydrogens is 222 g/mol. The first-order valence-corrected chi connectivity index (χ1v) is 6.34. The van der Waals surface area contributed by atoms with Gasteiger partial charge in [-0.15, -0.1) is 0 Å². The Morgan fingerprint density at radius 3 is 3.28 bits per heavy atom. The number of allylic oxidation sites excluding steroid dienone is 3. The topological polar surface area (TPSA) is 41.0 Å². The van der Waals surface area contributed by atoms with Crippen LogP contribution in [-0.2, 0) is 0 Å². The first kappa shape index (κ1) is 11.2. The van der Waals surface area contributed by atoms with Gasteiger partial charge in [-0.3, -0.25) is 10.1 Å². The van der Waals surface area contributed by atoms with Crippen molar-refractivity contribution in [3.8, 4) is 0 Å². The molecule has 3 heteroatoms. The Morgan fingerprint density at radius 2 is 2.50 bits per heavy atom. The molecule has 1 aromatic heterocycles. The van der Waals surface area contributed by atoms with E-state index < -0.39 is 0 Å². The quantitative estimate of drug-likeness (QED) is 0.636. The molecule has 2 aliphatic rings. The van der Waals surface area contributed by atoms with Crippen molar-refractivity contribution in [1.29, 1.82) is 0 Å². The molecule has 0 saturated heterocycles. The van der Waals surface area contributed by atoms with Crippen LogP contribution in [0.4, 0.5) is 0 Å². The molecule has 2 aliphatic carbocycles. The third-order valence-electron chi connectivity index (χ3n) is 3.57. The number of H-pyrrole nitrogens is 1. The van der Waals surface area contributed by atoms with E-state index in [1.54, 1.807) is 0 Å². The molecule has 1 N–H and O–H groups in total. The van der Waals surface area contributed by atoms with E-state index in [-0.39, 0.29) is 1.43 Å². The molecule has 0 radical (unpaired) electrons. The summed E-state index contributed by atoms with van der Waals surface area (Å²) in [6.45, 7) is 7.84. The molecule has 1 fully saturated rings. The van der Waals surface area contributed by atoms with Gasteiger partial charge in [0.2, 0.25) is 0 Å². The Labute approximate surface area is 109 Å². The first-order chi connectivity index (χ1) is 8.70. The number of hydrogen-bond donors (Lipinski definition) is 1. The van der Waals surface area contributed by atoms with Crippen LogP contribution in [0.1, 0.15) is 44.6 Å². The molecule has 0 aliphatic heterocycles. The van der Waals surface area contributed by atoms with E-state index in [0.29, 0.717) is 5.92 Å². The zero-order chi connectivity index (χ0) is 12.7. The van der Waals surface area contributed by atoms with Crippen LogP contribution in [0, 0.1) is 5.92 Å². The number of nitrogens with one attached hydrogen (secondary N) is 1. The molecule has 3 rings (SSSR count). The molecule has 1 saturated carbocycles. The smallest absolute Gasteiger partial charge is 0.113 e. The molecule has 18 heavy (non-hydrogen) atoms. The highest BCUT2D eigenvalue weighted by molar-refractivity contribution is 6.01. The largest absolute Gasteiger partial charge is 0.281 e. The van der Waals surface area contributed by atoms with Crippen molar-refractivity contribution in [3.63, 3.8) is 0 Å². The normalized spacial score (nSPS) is 25.1. The summed E-state index contributed by atoms with van der Waals surface area (Å²) >= 11 is 0. The zero-order valence-corrected chi connectivity index (χ0v) is 10.8. The minimum atomic E-state index is 0. The summed E-state index contributed by atoms with van der Waals surface area (Å²) in [7, 11) is 0. The SMILES string of the molecule is C=C(/C=C\C)N=C(C)c1n[nH]c2c1C=CC1CC21.[HH]. The van der Waals surface area contributed by atoms with E-state index in [2.05, 4.69) is 33.9 Å². The predicted molar refractivity (Wildman–Crippen MR) is 76.7 cm³/mol. The molecule has 3 nitrogen and oxygen atoms in total. The summed E-state index contributed by atoms with van der Waals surface area (Å²) in [5.74, 6) is 1.40. The number of rotatable bonds is 3. The summed E-state index contributed by atoms with van der Waals surface area (Å²) < 4.78 is 0. The van der Waals surface area contributed by atoms with Gasteiger partial charge in [0, 0.05) is 18.6 Å².